The molecule has 2 rings (SSSR count). The highest BCUT2D eigenvalue weighted by Gasteiger charge is 2.17. The van der Waals surface area contributed by atoms with Crippen molar-refractivity contribution >= 4 is 16.5 Å². The molecule has 2 nitrogen and oxygen atoms in total. The molecule has 0 aromatic heterocycles. The highest BCUT2D eigenvalue weighted by Crippen LogP contribution is 2.23. The van der Waals surface area contributed by atoms with Crippen LogP contribution in [0.1, 0.15) is 6.92 Å². The molecule has 1 unspecified atom stereocenters. The highest BCUT2D eigenvalue weighted by atomic mass is 32.2. The van der Waals surface area contributed by atoms with Crippen molar-refractivity contribution in [3.8, 4) is 0 Å². The first-order valence-electron chi connectivity index (χ1n) is 4.15. The fourth-order valence-corrected chi connectivity index (χ4v) is 2.60. The summed E-state index contributed by atoms with van der Waals surface area (Å²) in [7, 11) is -0.820. The van der Waals surface area contributed by atoms with Crippen molar-refractivity contribution in [2.75, 3.05) is 10.8 Å². The molecule has 1 heterocycles. The van der Waals surface area contributed by atoms with Crippen LogP contribution in [-0.4, -0.2) is 10.1 Å². The Morgan fingerprint density at radius 1 is 1.31 bits per heavy atom. The maximum atomic E-state index is 11.2. The molecule has 0 spiro atoms. The van der Waals surface area contributed by atoms with Crippen molar-refractivity contribution in [2.45, 2.75) is 6.92 Å². The van der Waals surface area contributed by atoms with Gasteiger partial charge in [0.15, 0.2) is 0 Å². The number of para-hydroxylation sites is 1. The van der Waals surface area contributed by atoms with E-state index in [4.69, 9.17) is 0 Å². The average molecular weight is 193 g/mol. The minimum absolute atomic E-state index is 0.593. The first-order chi connectivity index (χ1) is 6.27. The van der Waals surface area contributed by atoms with Crippen LogP contribution in [0.3, 0.4) is 0 Å². The molecule has 1 aromatic rings. The van der Waals surface area contributed by atoms with Crippen LogP contribution in [0.25, 0.3) is 0 Å². The van der Waals surface area contributed by atoms with Gasteiger partial charge in [-0.3, -0.25) is 4.21 Å². The van der Waals surface area contributed by atoms with Crippen molar-refractivity contribution < 1.29 is 4.21 Å². The fraction of sp³-hybridized carbons (Fsp3) is 0.200. The molecular weight excluding hydrogens is 182 g/mol. The predicted molar refractivity (Wildman–Crippen MR) is 55.7 cm³/mol. The Hall–Kier alpha value is -1.09. The van der Waals surface area contributed by atoms with Crippen LogP contribution in [0.2, 0.25) is 0 Å². The van der Waals surface area contributed by atoms with Gasteiger partial charge < -0.3 is 4.90 Å². The molecule has 0 bridgehead atoms. The monoisotopic (exact) mass is 193 g/mol. The molecule has 1 aromatic carbocycles. The summed E-state index contributed by atoms with van der Waals surface area (Å²) in [5.74, 6) is 0.593. The zero-order valence-corrected chi connectivity index (χ0v) is 8.25. The lowest BCUT2D eigenvalue weighted by molar-refractivity contribution is 0.689. The summed E-state index contributed by atoms with van der Waals surface area (Å²) in [6, 6.07) is 10.0. The highest BCUT2D eigenvalue weighted by molar-refractivity contribution is 7.88. The minimum atomic E-state index is -0.820. The Labute approximate surface area is 80.3 Å². The van der Waals surface area contributed by atoms with E-state index in [-0.39, 0.29) is 0 Å². The Morgan fingerprint density at radius 2 is 2.00 bits per heavy atom. The summed E-state index contributed by atoms with van der Waals surface area (Å²) in [6.07, 6.45) is 0. The van der Waals surface area contributed by atoms with E-state index < -0.39 is 10.8 Å². The van der Waals surface area contributed by atoms with E-state index in [2.05, 4.69) is 4.90 Å². The molecule has 68 valence electrons. The average Bonchev–Trinajstić information content (AvgIpc) is 2.47. The van der Waals surface area contributed by atoms with Gasteiger partial charge in [-0.05, 0) is 19.1 Å². The van der Waals surface area contributed by atoms with Gasteiger partial charge >= 0.3 is 0 Å². The zero-order chi connectivity index (χ0) is 9.26. The van der Waals surface area contributed by atoms with Gasteiger partial charge in [0.05, 0.1) is 10.8 Å². The van der Waals surface area contributed by atoms with E-state index in [1.165, 1.54) is 0 Å². The predicted octanol–water partition coefficient (Wildman–Crippen LogP) is 2.07. The minimum Gasteiger partial charge on any atom is -0.332 e. The van der Waals surface area contributed by atoms with E-state index in [0.29, 0.717) is 5.88 Å². The Kier molecular flexibility index (Phi) is 2.19. The van der Waals surface area contributed by atoms with Crippen LogP contribution in [-0.2, 0) is 10.8 Å². The SMILES string of the molecule is CC1=CS(=O)CN1c1ccccc1. The van der Waals surface area contributed by atoms with Crippen LogP contribution in [0.15, 0.2) is 41.4 Å². The number of benzene rings is 1. The molecule has 0 radical (unpaired) electrons. The molecule has 1 aliphatic rings. The Balaban J connectivity index is 2.30. The Bertz CT molecular complexity index is 358. The van der Waals surface area contributed by atoms with Gasteiger partial charge in [0.2, 0.25) is 0 Å². The molecule has 13 heavy (non-hydrogen) atoms. The van der Waals surface area contributed by atoms with E-state index in [9.17, 15) is 4.21 Å². The molecular formula is C10H11NOS. The summed E-state index contributed by atoms with van der Waals surface area (Å²) in [4.78, 5) is 2.07. The van der Waals surface area contributed by atoms with Crippen molar-refractivity contribution in [2.24, 2.45) is 0 Å². The van der Waals surface area contributed by atoms with Gasteiger partial charge in [0, 0.05) is 16.8 Å². The molecule has 0 aliphatic carbocycles. The summed E-state index contributed by atoms with van der Waals surface area (Å²) < 4.78 is 11.2. The fourth-order valence-electron chi connectivity index (χ4n) is 1.41. The smallest absolute Gasteiger partial charge is 0.102 e. The van der Waals surface area contributed by atoms with Crippen molar-refractivity contribution in [1.82, 2.24) is 0 Å². The molecule has 0 amide bonds. The lowest BCUT2D eigenvalue weighted by Crippen LogP contribution is -2.17. The molecule has 1 atom stereocenters. The van der Waals surface area contributed by atoms with Gasteiger partial charge in [0.25, 0.3) is 0 Å². The molecule has 3 heteroatoms. The van der Waals surface area contributed by atoms with E-state index in [1.807, 2.05) is 37.3 Å². The first kappa shape index (κ1) is 8.51. The van der Waals surface area contributed by atoms with Gasteiger partial charge in [0.1, 0.15) is 5.88 Å². The third-order valence-corrected chi connectivity index (χ3v) is 3.17. The summed E-state index contributed by atoms with van der Waals surface area (Å²) in [5, 5.41) is 1.80. The van der Waals surface area contributed by atoms with Crippen molar-refractivity contribution in [3.63, 3.8) is 0 Å². The largest absolute Gasteiger partial charge is 0.332 e. The summed E-state index contributed by atoms with van der Waals surface area (Å²) in [5.41, 5.74) is 2.19. The van der Waals surface area contributed by atoms with Crippen LogP contribution in [0.5, 0.6) is 0 Å². The molecule has 0 saturated heterocycles. The van der Waals surface area contributed by atoms with Crippen LogP contribution < -0.4 is 4.90 Å². The van der Waals surface area contributed by atoms with Crippen molar-refractivity contribution in [1.29, 1.82) is 0 Å². The number of allylic oxidation sites excluding steroid dienone is 1. The van der Waals surface area contributed by atoms with Gasteiger partial charge in [-0.2, -0.15) is 0 Å². The van der Waals surface area contributed by atoms with E-state index >= 15 is 0 Å². The quantitative estimate of drug-likeness (QED) is 0.680. The molecule has 0 saturated carbocycles. The lowest BCUT2D eigenvalue weighted by Gasteiger charge is -2.18. The number of hydrogen-bond acceptors (Lipinski definition) is 2. The third-order valence-electron chi connectivity index (χ3n) is 2.05. The third kappa shape index (κ3) is 1.65. The summed E-state index contributed by atoms with van der Waals surface area (Å²) >= 11 is 0. The van der Waals surface area contributed by atoms with Gasteiger partial charge in [-0.25, -0.2) is 0 Å². The van der Waals surface area contributed by atoms with E-state index in [1.54, 1.807) is 5.41 Å². The second-order valence-electron chi connectivity index (χ2n) is 3.03. The number of hydrogen-bond donors (Lipinski definition) is 0. The maximum Gasteiger partial charge on any atom is 0.102 e. The molecule has 0 N–H and O–H groups in total. The summed E-state index contributed by atoms with van der Waals surface area (Å²) in [6.45, 7) is 1.98. The van der Waals surface area contributed by atoms with Crippen LogP contribution in [0.4, 0.5) is 5.69 Å². The topological polar surface area (TPSA) is 20.3 Å². The maximum absolute atomic E-state index is 11.2. The molecule has 1 aliphatic heterocycles. The second-order valence-corrected chi connectivity index (χ2v) is 4.29. The number of anilines is 1. The molecule has 0 fully saturated rings. The van der Waals surface area contributed by atoms with Gasteiger partial charge in [-0.15, -0.1) is 0 Å². The second kappa shape index (κ2) is 3.34. The number of nitrogens with zero attached hydrogens (tertiary/aromatic N) is 1. The first-order valence-corrected chi connectivity index (χ1v) is 5.54. The standard InChI is InChI=1S/C10H11NOS/c1-9-7-13(12)8-11(9)10-5-3-2-4-6-10/h2-7H,8H2,1H3. The zero-order valence-electron chi connectivity index (χ0n) is 7.43. The lowest BCUT2D eigenvalue weighted by atomic mass is 10.3. The van der Waals surface area contributed by atoms with Gasteiger partial charge in [-0.1, -0.05) is 18.2 Å². The van der Waals surface area contributed by atoms with Crippen molar-refractivity contribution in [3.05, 3.63) is 41.4 Å². The normalized spacial score (nSPS) is 21.8. The van der Waals surface area contributed by atoms with Crippen LogP contribution >= 0.6 is 0 Å². The van der Waals surface area contributed by atoms with Crippen LogP contribution in [0, 0.1) is 0 Å². The van der Waals surface area contributed by atoms with E-state index in [0.717, 1.165) is 11.4 Å². The Morgan fingerprint density at radius 3 is 2.54 bits per heavy atom. The number of rotatable bonds is 1.